The van der Waals surface area contributed by atoms with Gasteiger partial charge in [0.25, 0.3) is 11.8 Å². The van der Waals surface area contributed by atoms with Crippen LogP contribution in [0.3, 0.4) is 0 Å². The molecule has 0 aliphatic rings. The third kappa shape index (κ3) is 4.17. The Bertz CT molecular complexity index is 768. The summed E-state index contributed by atoms with van der Waals surface area (Å²) in [5.41, 5.74) is 1.83. The van der Waals surface area contributed by atoms with Crippen LogP contribution in [0.15, 0.2) is 24.4 Å². The van der Waals surface area contributed by atoms with E-state index in [-0.39, 0.29) is 17.5 Å². The van der Waals surface area contributed by atoms with Crippen LogP contribution in [0, 0.1) is 6.92 Å². The Morgan fingerprint density at radius 1 is 1.24 bits per heavy atom. The number of methoxy groups -OCH3 is 1. The summed E-state index contributed by atoms with van der Waals surface area (Å²) in [6, 6.07) is 5.27. The molecule has 7 nitrogen and oxygen atoms in total. The smallest absolute Gasteiger partial charge is 0.273 e. The number of rotatable bonds is 7. The quantitative estimate of drug-likeness (QED) is 0.808. The molecule has 0 bridgehead atoms. The molecule has 0 unspecified atom stereocenters. The second-order valence-corrected chi connectivity index (χ2v) is 5.59. The minimum absolute atomic E-state index is 0.212. The van der Waals surface area contributed by atoms with Crippen LogP contribution < -0.4 is 15.4 Å². The first-order valence-electron chi connectivity index (χ1n) is 8.32. The number of benzene rings is 1. The van der Waals surface area contributed by atoms with Crippen LogP contribution in [0.2, 0.25) is 0 Å². The van der Waals surface area contributed by atoms with Crippen LogP contribution in [0.4, 0.5) is 5.69 Å². The van der Waals surface area contributed by atoms with E-state index in [2.05, 4.69) is 15.7 Å². The molecule has 0 spiro atoms. The minimum Gasteiger partial charge on any atom is -0.496 e. The third-order valence-corrected chi connectivity index (χ3v) is 3.83. The zero-order valence-electron chi connectivity index (χ0n) is 15.0. The summed E-state index contributed by atoms with van der Waals surface area (Å²) in [6.45, 7) is 6.86. The van der Waals surface area contributed by atoms with Crippen LogP contribution in [-0.4, -0.2) is 35.2 Å². The molecule has 0 atom stereocenters. The lowest BCUT2D eigenvalue weighted by Gasteiger charge is -2.10. The van der Waals surface area contributed by atoms with Crippen molar-refractivity contribution in [3.05, 3.63) is 41.2 Å². The SMILES string of the molecule is CCCNC(=O)c1nn(CC)cc1NC(=O)c1cccc(OC)c1C. The number of anilines is 1. The summed E-state index contributed by atoms with van der Waals surface area (Å²) in [5, 5.41) is 9.82. The number of nitrogens with one attached hydrogen (secondary N) is 2. The van der Waals surface area contributed by atoms with Gasteiger partial charge in [0.2, 0.25) is 0 Å². The first kappa shape index (κ1) is 18.5. The number of hydrogen-bond donors (Lipinski definition) is 2. The Hall–Kier alpha value is -2.83. The molecule has 0 saturated heterocycles. The molecule has 2 aromatic rings. The molecule has 0 fully saturated rings. The largest absolute Gasteiger partial charge is 0.496 e. The molecule has 0 saturated carbocycles. The standard InChI is InChI=1S/C18H24N4O3/c1-5-10-19-18(24)16-14(11-22(6-2)21-16)20-17(23)13-8-7-9-15(25-4)12(13)3/h7-9,11H,5-6,10H2,1-4H3,(H,19,24)(H,20,23). The molecular weight excluding hydrogens is 320 g/mol. The van der Waals surface area contributed by atoms with Crippen LogP contribution in [0.25, 0.3) is 0 Å². The maximum Gasteiger partial charge on any atom is 0.273 e. The van der Waals surface area contributed by atoms with Gasteiger partial charge in [0.1, 0.15) is 5.75 Å². The Morgan fingerprint density at radius 3 is 2.64 bits per heavy atom. The number of amides is 2. The van der Waals surface area contributed by atoms with Gasteiger partial charge < -0.3 is 15.4 Å². The van der Waals surface area contributed by atoms with Crippen LogP contribution >= 0.6 is 0 Å². The monoisotopic (exact) mass is 344 g/mol. The molecule has 25 heavy (non-hydrogen) atoms. The van der Waals surface area contributed by atoms with Gasteiger partial charge in [-0.2, -0.15) is 5.10 Å². The lowest BCUT2D eigenvalue weighted by atomic mass is 10.1. The fourth-order valence-electron chi connectivity index (χ4n) is 2.44. The predicted octanol–water partition coefficient (Wildman–Crippen LogP) is 2.61. The Kier molecular flexibility index (Phi) is 6.16. The highest BCUT2D eigenvalue weighted by Gasteiger charge is 2.20. The van der Waals surface area contributed by atoms with Gasteiger partial charge >= 0.3 is 0 Å². The van der Waals surface area contributed by atoms with E-state index in [1.54, 1.807) is 36.2 Å². The average molecular weight is 344 g/mol. The van der Waals surface area contributed by atoms with Gasteiger partial charge in [0, 0.05) is 30.4 Å². The summed E-state index contributed by atoms with van der Waals surface area (Å²) < 4.78 is 6.87. The number of carbonyl (C=O) groups is 2. The molecule has 2 amide bonds. The van der Waals surface area contributed by atoms with Crippen molar-refractivity contribution in [3.63, 3.8) is 0 Å². The zero-order chi connectivity index (χ0) is 18.4. The van der Waals surface area contributed by atoms with Crippen molar-refractivity contribution in [1.29, 1.82) is 0 Å². The van der Waals surface area contributed by atoms with Crippen molar-refractivity contribution in [2.45, 2.75) is 33.7 Å². The Labute approximate surface area is 147 Å². The molecular formula is C18H24N4O3. The van der Waals surface area contributed by atoms with E-state index in [9.17, 15) is 9.59 Å². The fraction of sp³-hybridized carbons (Fsp3) is 0.389. The molecule has 7 heteroatoms. The first-order valence-corrected chi connectivity index (χ1v) is 8.32. The van der Waals surface area contributed by atoms with E-state index in [1.165, 1.54) is 0 Å². The molecule has 0 aliphatic heterocycles. The molecule has 1 aromatic heterocycles. The number of nitrogens with zero attached hydrogens (tertiary/aromatic N) is 2. The Balaban J connectivity index is 2.29. The maximum atomic E-state index is 12.7. The number of aromatic nitrogens is 2. The van der Waals surface area contributed by atoms with Gasteiger partial charge in [-0.15, -0.1) is 0 Å². The summed E-state index contributed by atoms with van der Waals surface area (Å²) in [6.07, 6.45) is 2.49. The van der Waals surface area contributed by atoms with Gasteiger partial charge in [0.05, 0.1) is 12.8 Å². The third-order valence-electron chi connectivity index (χ3n) is 3.83. The van der Waals surface area contributed by atoms with Crippen molar-refractivity contribution in [1.82, 2.24) is 15.1 Å². The molecule has 2 N–H and O–H groups in total. The molecule has 1 aromatic carbocycles. The average Bonchev–Trinajstić information content (AvgIpc) is 3.02. The van der Waals surface area contributed by atoms with Crippen molar-refractivity contribution < 1.29 is 14.3 Å². The van der Waals surface area contributed by atoms with Crippen LogP contribution in [-0.2, 0) is 6.54 Å². The van der Waals surface area contributed by atoms with Crippen molar-refractivity contribution >= 4 is 17.5 Å². The van der Waals surface area contributed by atoms with E-state index in [0.717, 1.165) is 12.0 Å². The normalized spacial score (nSPS) is 10.4. The molecule has 0 aliphatic carbocycles. The van der Waals surface area contributed by atoms with E-state index in [4.69, 9.17) is 4.74 Å². The summed E-state index contributed by atoms with van der Waals surface area (Å²) in [7, 11) is 1.56. The highest BCUT2D eigenvalue weighted by molar-refractivity contribution is 6.09. The van der Waals surface area contributed by atoms with Crippen molar-refractivity contribution in [2.24, 2.45) is 0 Å². The molecule has 134 valence electrons. The maximum absolute atomic E-state index is 12.7. The first-order chi connectivity index (χ1) is 12.0. The van der Waals surface area contributed by atoms with E-state index < -0.39 is 0 Å². The van der Waals surface area contributed by atoms with Crippen LogP contribution in [0.1, 0.15) is 46.7 Å². The fourth-order valence-corrected chi connectivity index (χ4v) is 2.44. The van der Waals surface area contributed by atoms with Gasteiger partial charge in [-0.1, -0.05) is 13.0 Å². The van der Waals surface area contributed by atoms with Gasteiger partial charge in [-0.05, 0) is 32.4 Å². The van der Waals surface area contributed by atoms with Crippen LogP contribution in [0.5, 0.6) is 5.75 Å². The van der Waals surface area contributed by atoms with Gasteiger partial charge in [-0.3, -0.25) is 14.3 Å². The lowest BCUT2D eigenvalue weighted by Crippen LogP contribution is -2.26. The lowest BCUT2D eigenvalue weighted by molar-refractivity contribution is 0.0948. The van der Waals surface area contributed by atoms with Crippen molar-refractivity contribution in [3.8, 4) is 5.75 Å². The summed E-state index contributed by atoms with van der Waals surface area (Å²) in [5.74, 6) is 0.0288. The minimum atomic E-state index is -0.309. The molecule has 2 rings (SSSR count). The topological polar surface area (TPSA) is 85.3 Å². The number of hydrogen-bond acceptors (Lipinski definition) is 4. The second kappa shape index (κ2) is 8.32. The Morgan fingerprint density at radius 2 is 2.00 bits per heavy atom. The van der Waals surface area contributed by atoms with E-state index in [1.807, 2.05) is 20.8 Å². The highest BCUT2D eigenvalue weighted by Crippen LogP contribution is 2.22. The summed E-state index contributed by atoms with van der Waals surface area (Å²) >= 11 is 0. The van der Waals surface area contributed by atoms with Crippen molar-refractivity contribution in [2.75, 3.05) is 19.0 Å². The predicted molar refractivity (Wildman–Crippen MR) is 96.2 cm³/mol. The van der Waals surface area contributed by atoms with Gasteiger partial charge in [0.15, 0.2) is 5.69 Å². The summed E-state index contributed by atoms with van der Waals surface area (Å²) in [4.78, 5) is 24.9. The van der Waals surface area contributed by atoms with Gasteiger partial charge in [-0.25, -0.2) is 0 Å². The number of carbonyl (C=O) groups excluding carboxylic acids is 2. The second-order valence-electron chi connectivity index (χ2n) is 5.59. The zero-order valence-corrected chi connectivity index (χ0v) is 15.0. The van der Waals surface area contributed by atoms with E-state index in [0.29, 0.717) is 30.1 Å². The van der Waals surface area contributed by atoms with E-state index >= 15 is 0 Å². The highest BCUT2D eigenvalue weighted by atomic mass is 16.5. The molecule has 0 radical (unpaired) electrons. The number of aryl methyl sites for hydroxylation is 1. The number of ether oxygens (including phenoxy) is 1. The molecule has 1 heterocycles.